The van der Waals surface area contributed by atoms with E-state index in [-0.39, 0.29) is 0 Å². The van der Waals surface area contributed by atoms with Gasteiger partial charge in [0.05, 0.1) is 18.3 Å². The van der Waals surface area contributed by atoms with Crippen molar-refractivity contribution >= 4 is 0 Å². The maximum Gasteiger partial charge on any atom is 0.0605 e. The molecule has 19 heavy (non-hydrogen) atoms. The van der Waals surface area contributed by atoms with Crippen LogP contribution < -0.4 is 5.32 Å². The zero-order valence-corrected chi connectivity index (χ0v) is 11.3. The molecule has 100 valence electrons. The number of aromatic nitrogens is 3. The van der Waals surface area contributed by atoms with E-state index in [0.717, 1.165) is 13.0 Å². The Morgan fingerprint density at radius 2 is 2.37 bits per heavy atom. The van der Waals surface area contributed by atoms with Crippen molar-refractivity contribution in [1.29, 1.82) is 0 Å². The number of pyridine rings is 1. The maximum atomic E-state index is 4.57. The Morgan fingerprint density at radius 1 is 1.42 bits per heavy atom. The molecule has 1 aliphatic rings. The van der Waals surface area contributed by atoms with E-state index in [0.29, 0.717) is 12.1 Å². The summed E-state index contributed by atoms with van der Waals surface area (Å²) in [5.41, 5.74) is 2.64. The number of nitrogens with zero attached hydrogens (tertiary/aromatic N) is 3. The molecule has 0 spiro atoms. The van der Waals surface area contributed by atoms with Gasteiger partial charge in [-0.3, -0.25) is 9.67 Å². The second kappa shape index (κ2) is 5.53. The molecule has 0 saturated carbocycles. The summed E-state index contributed by atoms with van der Waals surface area (Å²) in [5.74, 6) is 0. The largest absolute Gasteiger partial charge is 0.304 e. The third-order valence-electron chi connectivity index (χ3n) is 3.70. The van der Waals surface area contributed by atoms with Crippen molar-refractivity contribution in [3.63, 3.8) is 0 Å². The standard InChI is InChI=1S/C15H20N4/c1-12(11-19-10-4-9-17-19)18-14-7-2-5-13-6-3-8-16-15(13)14/h3-4,6,8-10,12,14,18H,2,5,7,11H2,1H3. The molecule has 0 amide bonds. The second-order valence-corrected chi connectivity index (χ2v) is 5.29. The molecule has 2 unspecified atom stereocenters. The zero-order valence-electron chi connectivity index (χ0n) is 11.3. The van der Waals surface area contributed by atoms with Gasteiger partial charge in [0.15, 0.2) is 0 Å². The number of rotatable bonds is 4. The number of aryl methyl sites for hydroxylation is 1. The van der Waals surface area contributed by atoms with Crippen molar-refractivity contribution in [1.82, 2.24) is 20.1 Å². The van der Waals surface area contributed by atoms with Gasteiger partial charge in [-0.15, -0.1) is 0 Å². The van der Waals surface area contributed by atoms with Gasteiger partial charge >= 0.3 is 0 Å². The Kier molecular flexibility index (Phi) is 3.60. The second-order valence-electron chi connectivity index (χ2n) is 5.29. The molecule has 4 nitrogen and oxygen atoms in total. The average Bonchev–Trinajstić information content (AvgIpc) is 2.92. The van der Waals surface area contributed by atoms with Gasteiger partial charge in [-0.05, 0) is 43.9 Å². The Labute approximate surface area is 113 Å². The summed E-state index contributed by atoms with van der Waals surface area (Å²) in [4.78, 5) is 4.57. The van der Waals surface area contributed by atoms with E-state index >= 15 is 0 Å². The van der Waals surface area contributed by atoms with Gasteiger partial charge in [0.1, 0.15) is 0 Å². The molecule has 0 bridgehead atoms. The van der Waals surface area contributed by atoms with Crippen LogP contribution in [-0.2, 0) is 13.0 Å². The number of hydrogen-bond donors (Lipinski definition) is 1. The lowest BCUT2D eigenvalue weighted by Crippen LogP contribution is -2.36. The van der Waals surface area contributed by atoms with Crippen LogP contribution in [0.3, 0.4) is 0 Å². The molecule has 3 rings (SSSR count). The molecule has 4 heteroatoms. The first-order chi connectivity index (χ1) is 9.33. The lowest BCUT2D eigenvalue weighted by molar-refractivity contribution is 0.364. The molecule has 1 N–H and O–H groups in total. The van der Waals surface area contributed by atoms with Crippen LogP contribution in [0.4, 0.5) is 0 Å². The zero-order chi connectivity index (χ0) is 13.1. The van der Waals surface area contributed by atoms with Gasteiger partial charge < -0.3 is 5.32 Å². The average molecular weight is 256 g/mol. The molecular weight excluding hydrogens is 236 g/mol. The van der Waals surface area contributed by atoms with E-state index in [4.69, 9.17) is 0 Å². The van der Waals surface area contributed by atoms with Crippen molar-refractivity contribution in [2.24, 2.45) is 0 Å². The van der Waals surface area contributed by atoms with Crippen molar-refractivity contribution in [3.05, 3.63) is 48.0 Å². The van der Waals surface area contributed by atoms with Gasteiger partial charge in [-0.1, -0.05) is 6.07 Å². The molecule has 0 saturated heterocycles. The topological polar surface area (TPSA) is 42.7 Å². The predicted molar refractivity (Wildman–Crippen MR) is 74.7 cm³/mol. The first kappa shape index (κ1) is 12.4. The lowest BCUT2D eigenvalue weighted by Gasteiger charge is -2.28. The highest BCUT2D eigenvalue weighted by Gasteiger charge is 2.22. The number of nitrogens with one attached hydrogen (secondary N) is 1. The number of fused-ring (bicyclic) bond motifs is 1. The van der Waals surface area contributed by atoms with Gasteiger partial charge in [0.2, 0.25) is 0 Å². The molecule has 2 heterocycles. The minimum Gasteiger partial charge on any atom is -0.304 e. The van der Waals surface area contributed by atoms with Crippen molar-refractivity contribution in [2.75, 3.05) is 0 Å². The van der Waals surface area contributed by atoms with E-state index < -0.39 is 0 Å². The van der Waals surface area contributed by atoms with E-state index in [2.05, 4.69) is 28.4 Å². The molecule has 2 aromatic heterocycles. The first-order valence-corrected chi connectivity index (χ1v) is 7.00. The molecule has 2 aromatic rings. The Bertz CT molecular complexity index is 521. The highest BCUT2D eigenvalue weighted by molar-refractivity contribution is 5.25. The summed E-state index contributed by atoms with van der Waals surface area (Å²) >= 11 is 0. The van der Waals surface area contributed by atoms with Crippen LogP contribution in [0.5, 0.6) is 0 Å². The lowest BCUT2D eigenvalue weighted by atomic mass is 9.91. The Balaban J connectivity index is 1.67. The summed E-state index contributed by atoms with van der Waals surface area (Å²) in [5, 5.41) is 7.94. The monoisotopic (exact) mass is 256 g/mol. The van der Waals surface area contributed by atoms with Gasteiger partial charge in [0.25, 0.3) is 0 Å². The fraction of sp³-hybridized carbons (Fsp3) is 0.467. The van der Waals surface area contributed by atoms with Crippen LogP contribution >= 0.6 is 0 Å². The summed E-state index contributed by atoms with van der Waals surface area (Å²) in [6.45, 7) is 3.10. The summed E-state index contributed by atoms with van der Waals surface area (Å²) < 4.78 is 1.97. The fourth-order valence-electron chi connectivity index (χ4n) is 2.86. The van der Waals surface area contributed by atoms with Gasteiger partial charge in [-0.2, -0.15) is 5.10 Å². The van der Waals surface area contributed by atoms with Crippen molar-refractivity contribution < 1.29 is 0 Å². The molecule has 2 atom stereocenters. The molecule has 0 aliphatic heterocycles. The van der Waals surface area contributed by atoms with Crippen LogP contribution in [0, 0.1) is 0 Å². The molecule has 0 aromatic carbocycles. The summed E-state index contributed by atoms with van der Waals surface area (Å²) in [7, 11) is 0. The van der Waals surface area contributed by atoms with E-state index in [9.17, 15) is 0 Å². The van der Waals surface area contributed by atoms with Crippen LogP contribution in [0.2, 0.25) is 0 Å². The highest BCUT2D eigenvalue weighted by atomic mass is 15.3. The highest BCUT2D eigenvalue weighted by Crippen LogP contribution is 2.27. The Morgan fingerprint density at radius 3 is 3.21 bits per heavy atom. The molecular formula is C15H20N4. The normalized spacial score (nSPS) is 19.9. The quantitative estimate of drug-likeness (QED) is 0.913. The van der Waals surface area contributed by atoms with Crippen molar-refractivity contribution in [2.45, 2.75) is 44.8 Å². The van der Waals surface area contributed by atoms with Gasteiger partial charge in [0, 0.05) is 24.6 Å². The Hall–Kier alpha value is -1.68. The first-order valence-electron chi connectivity index (χ1n) is 7.00. The van der Waals surface area contributed by atoms with Crippen LogP contribution in [0.15, 0.2) is 36.8 Å². The molecule has 0 radical (unpaired) electrons. The molecule has 0 fully saturated rings. The summed E-state index contributed by atoms with van der Waals surface area (Å²) in [6, 6.07) is 6.97. The smallest absolute Gasteiger partial charge is 0.0605 e. The third-order valence-corrected chi connectivity index (χ3v) is 3.70. The third kappa shape index (κ3) is 2.84. The fourth-order valence-corrected chi connectivity index (χ4v) is 2.86. The maximum absolute atomic E-state index is 4.57. The van der Waals surface area contributed by atoms with E-state index in [1.54, 1.807) is 0 Å². The van der Waals surface area contributed by atoms with Crippen molar-refractivity contribution in [3.8, 4) is 0 Å². The van der Waals surface area contributed by atoms with Gasteiger partial charge in [-0.25, -0.2) is 0 Å². The van der Waals surface area contributed by atoms with E-state index in [1.807, 2.05) is 35.4 Å². The predicted octanol–water partition coefficient (Wildman–Crippen LogP) is 2.33. The summed E-state index contributed by atoms with van der Waals surface area (Å²) in [6.07, 6.45) is 9.31. The SMILES string of the molecule is CC(Cn1cccn1)NC1CCCc2cccnc21. The minimum atomic E-state index is 0.385. The van der Waals surface area contributed by atoms with Crippen LogP contribution in [-0.4, -0.2) is 20.8 Å². The minimum absolute atomic E-state index is 0.385. The van der Waals surface area contributed by atoms with Crippen LogP contribution in [0.25, 0.3) is 0 Å². The van der Waals surface area contributed by atoms with E-state index in [1.165, 1.54) is 24.1 Å². The molecule has 1 aliphatic carbocycles. The number of hydrogen-bond acceptors (Lipinski definition) is 3. The van der Waals surface area contributed by atoms with Crippen LogP contribution in [0.1, 0.15) is 37.1 Å².